The van der Waals surface area contributed by atoms with Gasteiger partial charge in [-0.25, -0.2) is 17.2 Å². The van der Waals surface area contributed by atoms with Crippen LogP contribution in [0.3, 0.4) is 0 Å². The van der Waals surface area contributed by atoms with Crippen LogP contribution < -0.4 is 5.32 Å². The van der Waals surface area contributed by atoms with Gasteiger partial charge in [-0.3, -0.25) is 4.79 Å². The van der Waals surface area contributed by atoms with Crippen LogP contribution in [0, 0.1) is 11.6 Å². The Hall–Kier alpha value is -2.36. The summed E-state index contributed by atoms with van der Waals surface area (Å²) in [5.41, 5.74) is -0.461. The summed E-state index contributed by atoms with van der Waals surface area (Å²) in [7, 11) is -3.73. The van der Waals surface area contributed by atoms with Gasteiger partial charge >= 0.3 is 0 Å². The Kier molecular flexibility index (Phi) is 7.87. The molecule has 9 heteroatoms. The summed E-state index contributed by atoms with van der Waals surface area (Å²) in [5.74, 6) is -1.80. The molecule has 2 aromatic rings. The predicted molar refractivity (Wildman–Crippen MR) is 122 cm³/mol. The summed E-state index contributed by atoms with van der Waals surface area (Å²) < 4.78 is 62.6. The van der Waals surface area contributed by atoms with Crippen molar-refractivity contribution in [2.24, 2.45) is 0 Å². The van der Waals surface area contributed by atoms with E-state index in [9.17, 15) is 22.0 Å². The molecule has 2 aliphatic rings. The highest BCUT2D eigenvalue weighted by molar-refractivity contribution is 7.89. The molecule has 1 amide bonds. The van der Waals surface area contributed by atoms with E-state index < -0.39 is 32.4 Å². The first kappa shape index (κ1) is 25.3. The zero-order chi connectivity index (χ0) is 24.2. The molecule has 2 fully saturated rings. The third-order valence-electron chi connectivity index (χ3n) is 5.88. The lowest BCUT2D eigenvalue weighted by atomic mass is 9.86. The highest BCUT2D eigenvalue weighted by Gasteiger charge is 2.44. The Morgan fingerprint density at radius 2 is 1.82 bits per heavy atom. The first-order chi connectivity index (χ1) is 15.7. The number of halogens is 2. The van der Waals surface area contributed by atoms with Crippen LogP contribution in [0.1, 0.15) is 55.6 Å². The quantitative estimate of drug-likeness (QED) is 0.702. The Labute approximate surface area is 194 Å². The molecule has 0 aromatic heterocycles. The molecule has 2 aromatic carbocycles. The molecule has 0 radical (unpaired) electrons. The molecule has 1 atom stereocenters. The van der Waals surface area contributed by atoms with E-state index in [2.05, 4.69) is 5.32 Å². The van der Waals surface area contributed by atoms with Gasteiger partial charge in [-0.05, 0) is 30.5 Å². The molecule has 0 aliphatic carbocycles. The van der Waals surface area contributed by atoms with E-state index in [0.29, 0.717) is 18.4 Å². The predicted octanol–water partition coefficient (Wildman–Crippen LogP) is 4.02. The Bertz CT molecular complexity index is 1090. The van der Waals surface area contributed by atoms with Crippen molar-refractivity contribution in [1.82, 2.24) is 9.62 Å². The Morgan fingerprint density at radius 1 is 1.15 bits per heavy atom. The van der Waals surface area contributed by atoms with Gasteiger partial charge in [-0.1, -0.05) is 44.2 Å². The average molecular weight is 481 g/mol. The number of ether oxygens (including phenoxy) is 1. The van der Waals surface area contributed by atoms with Crippen molar-refractivity contribution in [3.63, 3.8) is 0 Å². The van der Waals surface area contributed by atoms with E-state index in [-0.39, 0.29) is 43.3 Å². The van der Waals surface area contributed by atoms with Gasteiger partial charge in [-0.15, -0.1) is 0 Å². The van der Waals surface area contributed by atoms with Crippen molar-refractivity contribution in [2.45, 2.75) is 50.9 Å². The monoisotopic (exact) mass is 480 g/mol. The number of carbonyl (C=O) groups is 1. The second-order valence-corrected chi connectivity index (χ2v) is 10.2. The molecule has 0 spiro atoms. The van der Waals surface area contributed by atoms with Crippen LogP contribution in [-0.4, -0.2) is 38.4 Å². The number of nitrogens with one attached hydrogen (secondary N) is 1. The smallest absolute Gasteiger partial charge is 0.221 e. The molecule has 180 valence electrons. The number of benzene rings is 2. The lowest BCUT2D eigenvalue weighted by molar-refractivity contribution is -0.132. The van der Waals surface area contributed by atoms with Crippen LogP contribution in [0.5, 0.6) is 0 Å². The maximum atomic E-state index is 14.9. The van der Waals surface area contributed by atoms with E-state index in [1.54, 1.807) is 24.3 Å². The molecule has 0 saturated carbocycles. The third-order valence-corrected chi connectivity index (χ3v) is 8.13. The summed E-state index contributed by atoms with van der Waals surface area (Å²) in [5, 5.41) is 1.93. The normalized spacial score (nSPS) is 21.3. The van der Waals surface area contributed by atoms with Crippen LogP contribution in [0.15, 0.2) is 42.5 Å². The maximum Gasteiger partial charge on any atom is 0.221 e. The van der Waals surface area contributed by atoms with Gasteiger partial charge in [-0.2, -0.15) is 4.31 Å². The molecule has 1 N–H and O–H groups in total. The van der Waals surface area contributed by atoms with Crippen molar-refractivity contribution < 1.29 is 26.7 Å². The van der Waals surface area contributed by atoms with Gasteiger partial charge in [0.2, 0.25) is 15.9 Å². The van der Waals surface area contributed by atoms with Crippen LogP contribution in [-0.2, 0) is 31.6 Å². The van der Waals surface area contributed by atoms with Crippen molar-refractivity contribution in [3.8, 4) is 0 Å². The second-order valence-electron chi connectivity index (χ2n) is 8.10. The van der Waals surface area contributed by atoms with Crippen molar-refractivity contribution in [1.29, 1.82) is 0 Å². The number of hydrogen-bond donors (Lipinski definition) is 1. The zero-order valence-electron chi connectivity index (χ0n) is 19.1. The molecule has 0 bridgehead atoms. The largest absolute Gasteiger partial charge is 0.376 e. The summed E-state index contributed by atoms with van der Waals surface area (Å²) >= 11 is 0. The van der Waals surface area contributed by atoms with E-state index in [4.69, 9.17) is 4.74 Å². The van der Waals surface area contributed by atoms with Gasteiger partial charge in [0.25, 0.3) is 0 Å². The fourth-order valence-corrected chi connectivity index (χ4v) is 6.32. The molecule has 4 rings (SSSR count). The standard InChI is InChI=1S/C22H24F2N2O4S.C2H6/c1-15(27)25-22(13-30-14-22)18-11-19(23)17(10-20(18)24)12-26-9-5-8-21(31(26,28)29)16-6-3-2-4-7-16;1-2/h2-4,6-7,10-11,21H,5,8-9,12-14H2,1H3,(H,25,27);1-2H3/t21-;/m1./s1. The maximum absolute atomic E-state index is 14.9. The fourth-order valence-electron chi connectivity index (χ4n) is 4.29. The van der Waals surface area contributed by atoms with Gasteiger partial charge in [0.1, 0.15) is 22.4 Å². The molecular weight excluding hydrogens is 450 g/mol. The van der Waals surface area contributed by atoms with E-state index in [1.165, 1.54) is 11.2 Å². The van der Waals surface area contributed by atoms with E-state index in [1.807, 2.05) is 19.9 Å². The van der Waals surface area contributed by atoms with Crippen molar-refractivity contribution >= 4 is 15.9 Å². The molecule has 2 heterocycles. The fraction of sp³-hybridized carbons (Fsp3) is 0.458. The summed E-state index contributed by atoms with van der Waals surface area (Å²) in [6, 6.07) is 11.0. The first-order valence-electron chi connectivity index (χ1n) is 11.1. The molecule has 2 aliphatic heterocycles. The lowest BCUT2D eigenvalue weighted by Crippen LogP contribution is -2.59. The molecule has 2 saturated heterocycles. The topological polar surface area (TPSA) is 75.7 Å². The van der Waals surface area contributed by atoms with Gasteiger partial charge in [0, 0.05) is 31.1 Å². The van der Waals surface area contributed by atoms with Crippen LogP contribution in [0.2, 0.25) is 0 Å². The minimum Gasteiger partial charge on any atom is -0.376 e. The lowest BCUT2D eigenvalue weighted by Gasteiger charge is -2.42. The van der Waals surface area contributed by atoms with Crippen molar-refractivity contribution in [2.75, 3.05) is 19.8 Å². The minimum atomic E-state index is -3.73. The minimum absolute atomic E-state index is 0.00105. The van der Waals surface area contributed by atoms with E-state index in [0.717, 1.165) is 12.1 Å². The Morgan fingerprint density at radius 3 is 2.39 bits per heavy atom. The number of carbonyl (C=O) groups excluding carboxylic acids is 1. The van der Waals surface area contributed by atoms with E-state index >= 15 is 0 Å². The molecular formula is C24H30F2N2O4S. The highest BCUT2D eigenvalue weighted by Crippen LogP contribution is 2.37. The number of rotatable bonds is 5. The number of amides is 1. The second kappa shape index (κ2) is 10.3. The Balaban J connectivity index is 0.00000149. The van der Waals surface area contributed by atoms with Gasteiger partial charge in [0.05, 0.1) is 13.2 Å². The zero-order valence-corrected chi connectivity index (χ0v) is 19.9. The summed E-state index contributed by atoms with van der Waals surface area (Å²) in [4.78, 5) is 11.5. The SMILES string of the molecule is CC.CC(=O)NC1(c2cc(F)c(CN3CCC[C@H](c4ccccc4)S3(=O)=O)cc2F)COC1. The van der Waals surface area contributed by atoms with Crippen molar-refractivity contribution in [3.05, 3.63) is 70.8 Å². The first-order valence-corrected chi connectivity index (χ1v) is 12.6. The summed E-state index contributed by atoms with van der Waals surface area (Å²) in [6.07, 6.45) is 1.11. The van der Waals surface area contributed by atoms with Crippen LogP contribution in [0.25, 0.3) is 0 Å². The van der Waals surface area contributed by atoms with Crippen LogP contribution in [0.4, 0.5) is 8.78 Å². The van der Waals surface area contributed by atoms with Crippen LogP contribution >= 0.6 is 0 Å². The molecule has 6 nitrogen and oxygen atoms in total. The molecule has 33 heavy (non-hydrogen) atoms. The van der Waals surface area contributed by atoms with Gasteiger partial charge in [0.15, 0.2) is 0 Å². The average Bonchev–Trinajstić information content (AvgIpc) is 2.76. The third kappa shape index (κ3) is 5.10. The molecule has 0 unspecified atom stereocenters. The number of hydrogen-bond acceptors (Lipinski definition) is 4. The number of nitrogens with zero attached hydrogens (tertiary/aromatic N) is 1. The van der Waals surface area contributed by atoms with Gasteiger partial charge < -0.3 is 10.1 Å². The summed E-state index contributed by atoms with van der Waals surface area (Å²) in [6.45, 7) is 5.38. The number of sulfonamides is 1. The highest BCUT2D eigenvalue weighted by atomic mass is 32.2.